The van der Waals surface area contributed by atoms with E-state index in [4.69, 9.17) is 9.47 Å². The first-order valence-electron chi connectivity index (χ1n) is 4.55. The lowest BCUT2D eigenvalue weighted by atomic mass is 9.86. The summed E-state index contributed by atoms with van der Waals surface area (Å²) in [6.07, 6.45) is -0.542. The Morgan fingerprint density at radius 3 is 2.50 bits per heavy atom. The van der Waals surface area contributed by atoms with Crippen LogP contribution in [0.5, 0.6) is 0 Å². The average molecular weight is 170 g/mol. The van der Waals surface area contributed by atoms with E-state index in [1.54, 1.807) is 0 Å². The average Bonchev–Trinajstić information content (AvgIpc) is 2.42. The molecule has 1 N–H and O–H groups in total. The second kappa shape index (κ2) is 2.47. The van der Waals surface area contributed by atoms with Gasteiger partial charge in [-0.05, 0) is 5.92 Å². The van der Waals surface area contributed by atoms with Gasteiger partial charge in [-0.25, -0.2) is 0 Å². The molecule has 4 heteroatoms. The molecule has 4 atom stereocenters. The highest BCUT2D eigenvalue weighted by molar-refractivity contribution is 6.11. The van der Waals surface area contributed by atoms with Crippen LogP contribution >= 0.6 is 0 Å². The van der Waals surface area contributed by atoms with Gasteiger partial charge in [-0.1, -0.05) is 13.8 Å². The monoisotopic (exact) mass is 170 g/mol. The molecule has 3 nitrogen and oxygen atoms in total. The van der Waals surface area contributed by atoms with Crippen LogP contribution in [0.25, 0.3) is 0 Å². The molecule has 2 heterocycles. The third-order valence-corrected chi connectivity index (χ3v) is 3.16. The third-order valence-electron chi connectivity index (χ3n) is 3.16. The van der Waals surface area contributed by atoms with Crippen LogP contribution in [0.4, 0.5) is 0 Å². The lowest BCUT2D eigenvalue weighted by molar-refractivity contribution is -0.138. The molecule has 0 aliphatic carbocycles. The maximum Gasteiger partial charge on any atom is 0.142 e. The van der Waals surface area contributed by atoms with Crippen LogP contribution in [0, 0.1) is 5.92 Å². The van der Waals surface area contributed by atoms with Crippen LogP contribution in [-0.2, 0) is 9.47 Å². The van der Waals surface area contributed by atoms with Crippen molar-refractivity contribution in [2.45, 2.75) is 37.7 Å². The number of fused-ring (bicyclic) bond motifs is 2. The zero-order valence-corrected chi connectivity index (χ0v) is 7.78. The van der Waals surface area contributed by atoms with Crippen LogP contribution in [0.15, 0.2) is 0 Å². The number of aliphatic hydroxyl groups is 1. The number of aliphatic hydroxyl groups excluding tert-OH is 1. The predicted octanol–water partition coefficient (Wildman–Crippen LogP) is -0.870. The topological polar surface area (TPSA) is 38.7 Å². The first-order valence-corrected chi connectivity index (χ1v) is 4.55. The molecule has 0 radical (unpaired) electrons. The highest BCUT2D eigenvalue weighted by Crippen LogP contribution is 2.43. The largest absolute Gasteiger partial charge is 0.387 e. The number of rotatable bonds is 1. The molecule has 2 saturated heterocycles. The highest BCUT2D eigenvalue weighted by atomic mass is 16.6. The Hall–Kier alpha value is -0.0551. The van der Waals surface area contributed by atoms with Gasteiger partial charge in [0.2, 0.25) is 0 Å². The van der Waals surface area contributed by atoms with Gasteiger partial charge >= 0.3 is 0 Å². The summed E-state index contributed by atoms with van der Waals surface area (Å²) in [4.78, 5) is 0. The minimum absolute atomic E-state index is 0.0381. The number of hydrogen-bond donors (Lipinski definition) is 1. The molecule has 0 amide bonds. The van der Waals surface area contributed by atoms with Crippen LogP contribution < -0.4 is 0 Å². The molecule has 12 heavy (non-hydrogen) atoms. The van der Waals surface area contributed by atoms with Crippen LogP contribution in [0.3, 0.4) is 0 Å². The van der Waals surface area contributed by atoms with Crippen molar-refractivity contribution in [1.29, 1.82) is 0 Å². The first-order chi connectivity index (χ1) is 5.58. The molecule has 2 aliphatic rings. The Kier molecular flexibility index (Phi) is 1.76. The Morgan fingerprint density at radius 1 is 1.58 bits per heavy atom. The van der Waals surface area contributed by atoms with E-state index in [1.807, 2.05) is 7.85 Å². The van der Waals surface area contributed by atoms with Gasteiger partial charge in [0.05, 0.1) is 12.6 Å². The van der Waals surface area contributed by atoms with Gasteiger partial charge in [-0.15, -0.1) is 0 Å². The molecule has 68 valence electrons. The molecule has 2 fully saturated rings. The first kappa shape index (κ1) is 8.54. The molecular formula is C8H15BO3. The van der Waals surface area contributed by atoms with Gasteiger partial charge in [0.15, 0.2) is 0 Å². The normalized spacial score (nSPS) is 52.2. The van der Waals surface area contributed by atoms with Crippen molar-refractivity contribution in [3.63, 3.8) is 0 Å². The minimum Gasteiger partial charge on any atom is -0.387 e. The van der Waals surface area contributed by atoms with Gasteiger partial charge in [-0.2, -0.15) is 0 Å². The van der Waals surface area contributed by atoms with E-state index in [2.05, 4.69) is 13.8 Å². The van der Waals surface area contributed by atoms with E-state index in [1.165, 1.54) is 0 Å². The van der Waals surface area contributed by atoms with E-state index >= 15 is 0 Å². The summed E-state index contributed by atoms with van der Waals surface area (Å²) in [5, 5.41) is 9.87. The molecule has 0 aromatic carbocycles. The van der Waals surface area contributed by atoms with Crippen molar-refractivity contribution in [3.8, 4) is 0 Å². The summed E-state index contributed by atoms with van der Waals surface area (Å²) in [7, 11) is 1.96. The van der Waals surface area contributed by atoms with Crippen molar-refractivity contribution < 1.29 is 14.6 Å². The smallest absolute Gasteiger partial charge is 0.142 e. The van der Waals surface area contributed by atoms with Gasteiger partial charge in [-0.3, -0.25) is 0 Å². The standard InChI is InChI=1S/C8H15BO3/c1-4(2)8-3-11-5(6(8)10)7(9)12-8/h4-7,10H,3,9H2,1-2H3/t5-,6+,7-,8-/m1/s1. The SMILES string of the molecule is B[C@@H]1O[C@@]2(C(C)C)CO[C@@H]1[C@@H]2O. The zero-order valence-electron chi connectivity index (χ0n) is 7.78. The molecule has 0 aromatic heterocycles. The number of ether oxygens (including phenoxy) is 2. The van der Waals surface area contributed by atoms with Gasteiger partial charge in [0.25, 0.3) is 0 Å². The minimum atomic E-state index is -0.438. The van der Waals surface area contributed by atoms with Gasteiger partial charge in [0.1, 0.15) is 25.7 Å². The molecule has 0 unspecified atom stereocenters. The lowest BCUT2D eigenvalue weighted by Crippen LogP contribution is -2.45. The van der Waals surface area contributed by atoms with Crippen molar-refractivity contribution in [2.75, 3.05) is 6.61 Å². The second-order valence-corrected chi connectivity index (χ2v) is 4.15. The molecule has 2 bridgehead atoms. The quantitative estimate of drug-likeness (QED) is 0.520. The fourth-order valence-electron chi connectivity index (χ4n) is 2.23. The van der Waals surface area contributed by atoms with Crippen molar-refractivity contribution in [2.24, 2.45) is 5.92 Å². The maximum absolute atomic E-state index is 9.87. The van der Waals surface area contributed by atoms with Gasteiger partial charge < -0.3 is 14.6 Å². The summed E-state index contributed by atoms with van der Waals surface area (Å²) < 4.78 is 11.2. The van der Waals surface area contributed by atoms with Crippen LogP contribution in [-0.4, -0.2) is 43.4 Å². The summed E-state index contributed by atoms with van der Waals surface area (Å²) in [5.74, 6) is 0.308. The van der Waals surface area contributed by atoms with E-state index in [0.29, 0.717) is 12.5 Å². The van der Waals surface area contributed by atoms with E-state index < -0.39 is 11.7 Å². The highest BCUT2D eigenvalue weighted by Gasteiger charge is 2.60. The fourth-order valence-corrected chi connectivity index (χ4v) is 2.23. The molecular weight excluding hydrogens is 155 g/mol. The zero-order chi connectivity index (χ0) is 8.93. The molecule has 2 rings (SSSR count). The summed E-state index contributed by atoms with van der Waals surface area (Å²) in [5.41, 5.74) is -0.427. The molecule has 2 aliphatic heterocycles. The second-order valence-electron chi connectivity index (χ2n) is 4.15. The van der Waals surface area contributed by atoms with Crippen molar-refractivity contribution in [3.05, 3.63) is 0 Å². The Balaban J connectivity index is 2.27. The van der Waals surface area contributed by atoms with E-state index in [-0.39, 0.29) is 12.1 Å². The third kappa shape index (κ3) is 0.831. The van der Waals surface area contributed by atoms with E-state index in [0.717, 1.165) is 0 Å². The van der Waals surface area contributed by atoms with Crippen LogP contribution in [0.2, 0.25) is 0 Å². The van der Waals surface area contributed by atoms with Crippen molar-refractivity contribution >= 4 is 7.85 Å². The van der Waals surface area contributed by atoms with Crippen molar-refractivity contribution in [1.82, 2.24) is 0 Å². The summed E-state index contributed by atoms with van der Waals surface area (Å²) >= 11 is 0. The number of hydrogen-bond acceptors (Lipinski definition) is 3. The lowest BCUT2D eigenvalue weighted by Gasteiger charge is -2.33. The molecule has 0 saturated carbocycles. The van der Waals surface area contributed by atoms with Crippen LogP contribution in [0.1, 0.15) is 13.8 Å². The Labute approximate surface area is 73.5 Å². The Bertz CT molecular complexity index is 197. The predicted molar refractivity (Wildman–Crippen MR) is 46.7 cm³/mol. The molecule has 0 spiro atoms. The van der Waals surface area contributed by atoms with E-state index in [9.17, 15) is 5.11 Å². The molecule has 0 aromatic rings. The fraction of sp³-hybridized carbons (Fsp3) is 1.00. The summed E-state index contributed by atoms with van der Waals surface area (Å²) in [6.45, 7) is 4.67. The Morgan fingerprint density at radius 2 is 2.25 bits per heavy atom. The summed E-state index contributed by atoms with van der Waals surface area (Å²) in [6, 6.07) is 0.0381. The van der Waals surface area contributed by atoms with Gasteiger partial charge in [0, 0.05) is 0 Å². The maximum atomic E-state index is 9.87.